The molecule has 4 nitrogen and oxygen atoms in total. The Morgan fingerprint density at radius 1 is 1.12 bits per heavy atom. The van der Waals surface area contributed by atoms with E-state index in [0.717, 1.165) is 27.4 Å². The molecule has 2 aromatic carbocycles. The monoisotopic (exact) mass is 475 g/mol. The Kier molecular flexibility index (Phi) is 5.63. The molecule has 2 fully saturated rings. The van der Waals surface area contributed by atoms with Gasteiger partial charge >= 0.3 is 0 Å². The number of halogens is 1. The van der Waals surface area contributed by atoms with Gasteiger partial charge in [-0.15, -0.1) is 0 Å². The van der Waals surface area contributed by atoms with E-state index < -0.39 is 0 Å². The highest BCUT2D eigenvalue weighted by atomic mass is 35.5. The predicted octanol–water partition coefficient (Wildman–Crippen LogP) is 6.81. The van der Waals surface area contributed by atoms with E-state index in [9.17, 15) is 4.79 Å². The number of fused-ring (bicyclic) bond motifs is 2. The molecule has 1 N–H and O–H groups in total. The predicted molar refractivity (Wildman–Crippen MR) is 138 cm³/mol. The van der Waals surface area contributed by atoms with Gasteiger partial charge in [-0.1, -0.05) is 68.3 Å². The van der Waals surface area contributed by atoms with Crippen LogP contribution in [0.2, 0.25) is 5.02 Å². The quantitative estimate of drug-likeness (QED) is 0.440. The van der Waals surface area contributed by atoms with Gasteiger partial charge < -0.3 is 5.32 Å². The number of hydrogen-bond donors (Lipinski definition) is 1. The van der Waals surface area contributed by atoms with Crippen molar-refractivity contribution in [2.24, 2.45) is 16.7 Å². The molecule has 0 unspecified atom stereocenters. The van der Waals surface area contributed by atoms with Gasteiger partial charge in [0.15, 0.2) is 5.69 Å². The average Bonchev–Trinajstić information content (AvgIpc) is 3.44. The molecule has 3 atom stereocenters. The minimum atomic E-state index is -0.0820. The van der Waals surface area contributed by atoms with Crippen LogP contribution in [0.1, 0.15) is 67.2 Å². The second kappa shape index (κ2) is 8.27. The maximum absolute atomic E-state index is 13.5. The third-order valence-electron chi connectivity index (χ3n) is 8.46. The van der Waals surface area contributed by atoms with Gasteiger partial charge in [0, 0.05) is 16.6 Å². The molecule has 178 valence electrons. The molecule has 1 heterocycles. The van der Waals surface area contributed by atoms with E-state index in [1.54, 1.807) is 0 Å². The van der Waals surface area contributed by atoms with Crippen molar-refractivity contribution >= 4 is 17.5 Å². The Hall–Kier alpha value is -2.59. The van der Waals surface area contributed by atoms with Crippen LogP contribution in [0.15, 0.2) is 48.5 Å². The standard InChI is InChI=1S/C29H34ClN3O/c1-18-6-8-20(9-7-18)17-33-25(21-10-11-23(30)19(2)14-21)15-24(32-33)26(34)31-27-28(3,4)22-12-13-29(27,5)16-22/h6-11,14-15,22,27H,12-13,16-17H2,1-5H3,(H,31,34)/t22-,27+,29+/m1/s1. The van der Waals surface area contributed by atoms with Gasteiger partial charge in [-0.3, -0.25) is 9.48 Å². The van der Waals surface area contributed by atoms with Crippen LogP contribution in [0.5, 0.6) is 0 Å². The molecule has 1 aromatic heterocycles. The lowest BCUT2D eigenvalue weighted by atomic mass is 9.68. The molecule has 0 radical (unpaired) electrons. The first-order valence-electron chi connectivity index (χ1n) is 12.3. The fraction of sp³-hybridized carbons (Fsp3) is 0.448. The van der Waals surface area contributed by atoms with Crippen LogP contribution in [0.25, 0.3) is 11.3 Å². The number of benzene rings is 2. The van der Waals surface area contributed by atoms with E-state index in [1.165, 1.54) is 24.8 Å². The van der Waals surface area contributed by atoms with Crippen molar-refractivity contribution in [1.29, 1.82) is 0 Å². The lowest BCUT2D eigenvalue weighted by Crippen LogP contribution is -2.52. The minimum Gasteiger partial charge on any atom is -0.347 e. The van der Waals surface area contributed by atoms with Crippen molar-refractivity contribution in [2.45, 2.75) is 66.5 Å². The van der Waals surface area contributed by atoms with E-state index in [4.69, 9.17) is 16.7 Å². The van der Waals surface area contributed by atoms with E-state index >= 15 is 0 Å². The molecule has 34 heavy (non-hydrogen) atoms. The van der Waals surface area contributed by atoms with Crippen molar-refractivity contribution in [3.05, 3.63) is 75.9 Å². The third kappa shape index (κ3) is 3.96. The van der Waals surface area contributed by atoms with Gasteiger partial charge in [-0.25, -0.2) is 0 Å². The van der Waals surface area contributed by atoms with E-state index in [2.05, 4.69) is 63.3 Å². The van der Waals surface area contributed by atoms with E-state index in [0.29, 0.717) is 18.2 Å². The Bertz CT molecular complexity index is 1240. The Labute approximate surface area is 207 Å². The summed E-state index contributed by atoms with van der Waals surface area (Å²) >= 11 is 6.29. The first-order chi connectivity index (χ1) is 16.1. The SMILES string of the molecule is Cc1ccc(Cn2nc(C(=O)N[C@H]3C(C)(C)[C@@H]4CC[C@@]3(C)C4)cc2-c2ccc(Cl)c(C)c2)cc1. The fourth-order valence-electron chi connectivity index (χ4n) is 6.42. The summed E-state index contributed by atoms with van der Waals surface area (Å²) in [5.74, 6) is 0.593. The molecule has 2 saturated carbocycles. The highest BCUT2D eigenvalue weighted by molar-refractivity contribution is 6.31. The molecule has 5 heteroatoms. The van der Waals surface area contributed by atoms with Crippen LogP contribution in [0.3, 0.4) is 0 Å². The van der Waals surface area contributed by atoms with Crippen molar-refractivity contribution < 1.29 is 4.79 Å². The molecule has 0 saturated heterocycles. The second-order valence-corrected chi connectivity index (χ2v) is 11.8. The zero-order valence-corrected chi connectivity index (χ0v) is 21.5. The van der Waals surface area contributed by atoms with Gasteiger partial charge in [0.1, 0.15) is 0 Å². The lowest BCUT2D eigenvalue weighted by molar-refractivity contribution is 0.0732. The number of nitrogens with one attached hydrogen (secondary N) is 1. The number of aromatic nitrogens is 2. The maximum Gasteiger partial charge on any atom is 0.272 e. The van der Waals surface area contributed by atoms with Crippen molar-refractivity contribution in [3.63, 3.8) is 0 Å². The van der Waals surface area contributed by atoms with E-state index in [-0.39, 0.29) is 22.8 Å². The van der Waals surface area contributed by atoms with Crippen LogP contribution in [0.4, 0.5) is 0 Å². The van der Waals surface area contributed by atoms with Crippen molar-refractivity contribution in [2.75, 3.05) is 0 Å². The molecular weight excluding hydrogens is 442 g/mol. The normalized spacial score (nSPS) is 25.0. The first kappa shape index (κ1) is 23.2. The summed E-state index contributed by atoms with van der Waals surface area (Å²) in [6.07, 6.45) is 3.65. The van der Waals surface area contributed by atoms with Crippen LogP contribution in [0, 0.1) is 30.6 Å². The van der Waals surface area contributed by atoms with Gasteiger partial charge in [0.05, 0.1) is 12.2 Å². The number of hydrogen-bond acceptors (Lipinski definition) is 2. The number of amides is 1. The molecule has 3 aromatic rings. The van der Waals surface area contributed by atoms with E-state index in [1.807, 2.05) is 29.8 Å². The smallest absolute Gasteiger partial charge is 0.272 e. The number of aryl methyl sites for hydroxylation is 2. The Morgan fingerprint density at radius 2 is 1.85 bits per heavy atom. The summed E-state index contributed by atoms with van der Waals surface area (Å²) in [4.78, 5) is 13.5. The Balaban J connectivity index is 1.49. The average molecular weight is 476 g/mol. The van der Waals surface area contributed by atoms with Crippen LogP contribution >= 0.6 is 11.6 Å². The molecule has 1 amide bonds. The molecule has 0 spiro atoms. The highest BCUT2D eigenvalue weighted by Crippen LogP contribution is 2.62. The first-order valence-corrected chi connectivity index (χ1v) is 12.7. The molecule has 2 aliphatic rings. The van der Waals surface area contributed by atoms with Crippen LogP contribution in [-0.2, 0) is 6.54 Å². The topological polar surface area (TPSA) is 46.9 Å². The molecule has 0 aliphatic heterocycles. The number of rotatable bonds is 5. The summed E-state index contributed by atoms with van der Waals surface area (Å²) < 4.78 is 1.94. The molecular formula is C29H34ClN3O. The summed E-state index contributed by atoms with van der Waals surface area (Å²) in [6, 6.07) is 16.5. The maximum atomic E-state index is 13.5. The lowest BCUT2D eigenvalue weighted by Gasteiger charge is -2.42. The highest BCUT2D eigenvalue weighted by Gasteiger charge is 2.59. The molecule has 5 rings (SSSR count). The minimum absolute atomic E-state index is 0.0820. The van der Waals surface area contributed by atoms with Crippen LogP contribution < -0.4 is 5.32 Å². The summed E-state index contributed by atoms with van der Waals surface area (Å²) in [6.45, 7) is 11.6. The molecule has 2 aliphatic carbocycles. The summed E-state index contributed by atoms with van der Waals surface area (Å²) in [7, 11) is 0. The van der Waals surface area contributed by atoms with Crippen LogP contribution in [-0.4, -0.2) is 21.7 Å². The number of carbonyl (C=O) groups is 1. The van der Waals surface area contributed by atoms with Gasteiger partial charge in [0.2, 0.25) is 0 Å². The van der Waals surface area contributed by atoms with Crippen molar-refractivity contribution in [1.82, 2.24) is 15.1 Å². The zero-order valence-electron chi connectivity index (χ0n) is 20.8. The summed E-state index contributed by atoms with van der Waals surface area (Å²) in [5, 5.41) is 8.94. The molecule has 2 bridgehead atoms. The largest absolute Gasteiger partial charge is 0.347 e. The number of carbonyl (C=O) groups excluding carboxylic acids is 1. The zero-order chi connectivity index (χ0) is 24.3. The van der Waals surface area contributed by atoms with Gasteiger partial charge in [-0.2, -0.15) is 5.10 Å². The Morgan fingerprint density at radius 3 is 2.50 bits per heavy atom. The third-order valence-corrected chi connectivity index (χ3v) is 8.89. The second-order valence-electron chi connectivity index (χ2n) is 11.3. The van der Waals surface area contributed by atoms with Crippen molar-refractivity contribution in [3.8, 4) is 11.3 Å². The van der Waals surface area contributed by atoms with Gasteiger partial charge in [-0.05, 0) is 79.2 Å². The fourth-order valence-corrected chi connectivity index (χ4v) is 6.54. The summed E-state index contributed by atoms with van der Waals surface area (Å²) in [5.41, 5.74) is 6.04. The van der Waals surface area contributed by atoms with Gasteiger partial charge in [0.25, 0.3) is 5.91 Å². The number of nitrogens with zero attached hydrogens (tertiary/aromatic N) is 2.